The molecule has 3 heterocycles. The standard InChI is InChI=1S/C16H17N3O3S2/c1-9-10-7-13(24-16(10)19(2)18-9)15(21)17-11(8-14(20)22-3)12-5-4-6-23-12/h4-7,11H,8H2,1-3H3,(H,17,21). The summed E-state index contributed by atoms with van der Waals surface area (Å²) in [6.45, 7) is 1.92. The number of carbonyl (C=O) groups is 2. The zero-order chi connectivity index (χ0) is 17.3. The van der Waals surface area contributed by atoms with E-state index in [1.165, 1.54) is 29.8 Å². The molecule has 0 fully saturated rings. The van der Waals surface area contributed by atoms with Crippen LogP contribution in [0.3, 0.4) is 0 Å². The summed E-state index contributed by atoms with van der Waals surface area (Å²) in [7, 11) is 3.20. The van der Waals surface area contributed by atoms with Crippen molar-refractivity contribution in [1.29, 1.82) is 0 Å². The van der Waals surface area contributed by atoms with Gasteiger partial charge in [-0.25, -0.2) is 0 Å². The third kappa shape index (κ3) is 3.20. The van der Waals surface area contributed by atoms with Crippen molar-refractivity contribution in [2.45, 2.75) is 19.4 Å². The smallest absolute Gasteiger partial charge is 0.307 e. The lowest BCUT2D eigenvalue weighted by Gasteiger charge is -2.15. The average Bonchev–Trinajstić information content (AvgIpc) is 3.26. The van der Waals surface area contributed by atoms with Gasteiger partial charge in [-0.2, -0.15) is 5.10 Å². The molecule has 1 unspecified atom stereocenters. The normalized spacial score (nSPS) is 12.3. The number of nitrogens with zero attached hydrogens (tertiary/aromatic N) is 2. The highest BCUT2D eigenvalue weighted by Crippen LogP contribution is 2.29. The van der Waals surface area contributed by atoms with E-state index in [0.717, 1.165) is 20.8 Å². The minimum absolute atomic E-state index is 0.105. The predicted molar refractivity (Wildman–Crippen MR) is 94.5 cm³/mol. The number of esters is 1. The molecule has 24 heavy (non-hydrogen) atoms. The van der Waals surface area contributed by atoms with E-state index in [0.29, 0.717) is 4.88 Å². The van der Waals surface area contributed by atoms with Crippen molar-refractivity contribution in [3.05, 3.63) is 39.0 Å². The fraction of sp³-hybridized carbons (Fsp3) is 0.312. The fourth-order valence-corrected chi connectivity index (χ4v) is 4.31. The molecular weight excluding hydrogens is 346 g/mol. The second-order valence-corrected chi connectivity index (χ2v) is 7.37. The molecule has 0 radical (unpaired) electrons. The van der Waals surface area contributed by atoms with Gasteiger partial charge in [-0.3, -0.25) is 14.3 Å². The lowest BCUT2D eigenvalue weighted by Crippen LogP contribution is -2.29. The third-order valence-corrected chi connectivity index (χ3v) is 5.90. The minimum Gasteiger partial charge on any atom is -0.469 e. The van der Waals surface area contributed by atoms with Crippen LogP contribution < -0.4 is 5.32 Å². The Labute approximate surface area is 147 Å². The summed E-state index contributed by atoms with van der Waals surface area (Å²) in [4.78, 5) is 26.8. The summed E-state index contributed by atoms with van der Waals surface area (Å²) in [5.41, 5.74) is 0.896. The van der Waals surface area contributed by atoms with E-state index in [1.807, 2.05) is 37.6 Å². The predicted octanol–water partition coefficient (Wildman–Crippen LogP) is 3.04. The van der Waals surface area contributed by atoms with Gasteiger partial charge in [0.05, 0.1) is 30.1 Å². The lowest BCUT2D eigenvalue weighted by atomic mass is 10.1. The van der Waals surface area contributed by atoms with Crippen LogP contribution in [0.1, 0.15) is 32.7 Å². The second kappa shape index (κ2) is 6.74. The van der Waals surface area contributed by atoms with Gasteiger partial charge in [-0.05, 0) is 24.4 Å². The number of fused-ring (bicyclic) bond motifs is 1. The Morgan fingerprint density at radius 2 is 2.25 bits per heavy atom. The number of nitrogens with one attached hydrogen (secondary N) is 1. The fourth-order valence-electron chi connectivity index (χ4n) is 2.51. The first-order valence-corrected chi connectivity index (χ1v) is 9.03. The number of amides is 1. The zero-order valence-electron chi connectivity index (χ0n) is 13.5. The van der Waals surface area contributed by atoms with Gasteiger partial charge in [0, 0.05) is 17.3 Å². The van der Waals surface area contributed by atoms with E-state index in [4.69, 9.17) is 4.74 Å². The van der Waals surface area contributed by atoms with Crippen LogP contribution in [0.2, 0.25) is 0 Å². The van der Waals surface area contributed by atoms with E-state index in [2.05, 4.69) is 10.4 Å². The van der Waals surface area contributed by atoms with Crippen molar-refractivity contribution in [1.82, 2.24) is 15.1 Å². The van der Waals surface area contributed by atoms with Crippen molar-refractivity contribution < 1.29 is 14.3 Å². The van der Waals surface area contributed by atoms with Crippen LogP contribution in [0.5, 0.6) is 0 Å². The highest BCUT2D eigenvalue weighted by molar-refractivity contribution is 7.20. The largest absolute Gasteiger partial charge is 0.469 e. The van der Waals surface area contributed by atoms with Crippen LogP contribution in [0.15, 0.2) is 23.6 Å². The van der Waals surface area contributed by atoms with Gasteiger partial charge >= 0.3 is 5.97 Å². The van der Waals surface area contributed by atoms with E-state index >= 15 is 0 Å². The number of aromatic nitrogens is 2. The molecule has 3 aromatic rings. The van der Waals surface area contributed by atoms with E-state index in [-0.39, 0.29) is 18.3 Å². The average molecular weight is 363 g/mol. The van der Waals surface area contributed by atoms with Crippen LogP contribution >= 0.6 is 22.7 Å². The van der Waals surface area contributed by atoms with E-state index < -0.39 is 6.04 Å². The zero-order valence-corrected chi connectivity index (χ0v) is 15.2. The summed E-state index contributed by atoms with van der Waals surface area (Å²) in [5.74, 6) is -0.553. The molecule has 8 heteroatoms. The molecule has 0 spiro atoms. The molecule has 0 saturated carbocycles. The lowest BCUT2D eigenvalue weighted by molar-refractivity contribution is -0.141. The summed E-state index contributed by atoms with van der Waals surface area (Å²) >= 11 is 2.89. The molecule has 1 amide bonds. The van der Waals surface area contributed by atoms with Crippen molar-refractivity contribution in [3.8, 4) is 0 Å². The maximum Gasteiger partial charge on any atom is 0.307 e. The number of methoxy groups -OCH3 is 1. The van der Waals surface area contributed by atoms with Crippen LogP contribution in [-0.2, 0) is 16.6 Å². The molecule has 3 aromatic heterocycles. The number of aryl methyl sites for hydroxylation is 2. The first-order chi connectivity index (χ1) is 11.5. The topological polar surface area (TPSA) is 73.2 Å². The molecule has 0 aliphatic carbocycles. The molecular formula is C16H17N3O3S2. The van der Waals surface area contributed by atoms with Crippen LogP contribution in [-0.4, -0.2) is 28.8 Å². The van der Waals surface area contributed by atoms with Gasteiger partial charge in [-0.1, -0.05) is 6.07 Å². The van der Waals surface area contributed by atoms with Gasteiger partial charge < -0.3 is 10.1 Å². The quantitative estimate of drug-likeness (QED) is 0.707. The van der Waals surface area contributed by atoms with E-state index in [1.54, 1.807) is 4.68 Å². The third-order valence-electron chi connectivity index (χ3n) is 3.71. The molecule has 3 rings (SSSR count). The first-order valence-electron chi connectivity index (χ1n) is 7.33. The van der Waals surface area contributed by atoms with Gasteiger partial charge in [0.2, 0.25) is 0 Å². The maximum absolute atomic E-state index is 12.6. The Bertz CT molecular complexity index is 846. The van der Waals surface area contributed by atoms with Gasteiger partial charge in [-0.15, -0.1) is 22.7 Å². The summed E-state index contributed by atoms with van der Waals surface area (Å²) in [6, 6.07) is 5.25. The molecule has 1 N–H and O–H groups in total. The Balaban J connectivity index is 1.83. The van der Waals surface area contributed by atoms with Crippen molar-refractivity contribution >= 4 is 44.8 Å². The molecule has 0 aliphatic rings. The summed E-state index contributed by atoms with van der Waals surface area (Å²) in [6.07, 6.45) is 0.105. The van der Waals surface area contributed by atoms with Crippen molar-refractivity contribution in [3.63, 3.8) is 0 Å². The van der Waals surface area contributed by atoms with Gasteiger partial charge in [0.15, 0.2) is 0 Å². The molecule has 0 aliphatic heterocycles. The Morgan fingerprint density at radius 1 is 1.46 bits per heavy atom. The van der Waals surface area contributed by atoms with Gasteiger partial charge in [0.25, 0.3) is 5.91 Å². The molecule has 6 nitrogen and oxygen atoms in total. The van der Waals surface area contributed by atoms with Crippen LogP contribution in [0.4, 0.5) is 0 Å². The van der Waals surface area contributed by atoms with Crippen LogP contribution in [0.25, 0.3) is 10.2 Å². The minimum atomic E-state index is -0.394. The molecule has 1 atom stereocenters. The number of ether oxygens (including phenoxy) is 1. The second-order valence-electron chi connectivity index (χ2n) is 5.36. The van der Waals surface area contributed by atoms with Crippen LogP contribution in [0, 0.1) is 6.92 Å². The highest BCUT2D eigenvalue weighted by Gasteiger charge is 2.22. The molecule has 0 aromatic carbocycles. The SMILES string of the molecule is COC(=O)CC(NC(=O)c1cc2c(C)nn(C)c2s1)c1cccs1. The van der Waals surface area contributed by atoms with Crippen molar-refractivity contribution in [2.75, 3.05) is 7.11 Å². The maximum atomic E-state index is 12.6. The number of thiophene rings is 2. The Hall–Kier alpha value is -2.19. The molecule has 126 valence electrons. The molecule has 0 bridgehead atoms. The molecule has 0 saturated heterocycles. The highest BCUT2D eigenvalue weighted by atomic mass is 32.1. The number of hydrogen-bond acceptors (Lipinski definition) is 6. The number of hydrogen-bond donors (Lipinski definition) is 1. The Kier molecular flexibility index (Phi) is 4.68. The summed E-state index contributed by atoms with van der Waals surface area (Å²) < 4.78 is 6.51. The number of rotatable bonds is 5. The monoisotopic (exact) mass is 363 g/mol. The van der Waals surface area contributed by atoms with Crippen molar-refractivity contribution in [2.24, 2.45) is 7.05 Å². The van der Waals surface area contributed by atoms with E-state index in [9.17, 15) is 9.59 Å². The number of carbonyl (C=O) groups excluding carboxylic acids is 2. The summed E-state index contributed by atoms with van der Waals surface area (Å²) in [5, 5.41) is 10.2. The first kappa shape index (κ1) is 16.7. The Morgan fingerprint density at radius 3 is 2.88 bits per heavy atom. The van der Waals surface area contributed by atoms with Gasteiger partial charge in [0.1, 0.15) is 4.83 Å².